The number of carbonyl (C=O) groups is 2. The van der Waals surface area contributed by atoms with Crippen LogP contribution in [0.2, 0.25) is 0 Å². The van der Waals surface area contributed by atoms with Crippen LogP contribution in [0.4, 0.5) is 10.1 Å². The van der Waals surface area contributed by atoms with E-state index in [1.807, 2.05) is 0 Å². The molecule has 2 aliphatic heterocycles. The number of anilines is 1. The van der Waals surface area contributed by atoms with Gasteiger partial charge in [0.2, 0.25) is 0 Å². The number of aromatic nitrogens is 2. The molecule has 140 valence electrons. The molecular formula is C19H19FN4O3. The Kier molecular flexibility index (Phi) is 4.57. The number of hydrogen-bond acceptors (Lipinski definition) is 5. The van der Waals surface area contributed by atoms with E-state index in [0.29, 0.717) is 43.7 Å². The van der Waals surface area contributed by atoms with Crippen molar-refractivity contribution in [2.75, 3.05) is 31.1 Å². The molecule has 7 nitrogen and oxygen atoms in total. The van der Waals surface area contributed by atoms with E-state index >= 15 is 0 Å². The van der Waals surface area contributed by atoms with Gasteiger partial charge in [-0.3, -0.25) is 9.59 Å². The van der Waals surface area contributed by atoms with Gasteiger partial charge in [-0.1, -0.05) is 0 Å². The van der Waals surface area contributed by atoms with Gasteiger partial charge in [0.1, 0.15) is 12.4 Å². The van der Waals surface area contributed by atoms with Gasteiger partial charge in [0.05, 0.1) is 30.1 Å². The van der Waals surface area contributed by atoms with E-state index in [2.05, 4.69) is 10.2 Å². The van der Waals surface area contributed by atoms with Crippen molar-refractivity contribution in [3.8, 4) is 0 Å². The van der Waals surface area contributed by atoms with Gasteiger partial charge in [-0.2, -0.15) is 10.2 Å². The number of piperidine rings is 1. The third-order valence-electron chi connectivity index (χ3n) is 5.18. The number of morpholine rings is 1. The quantitative estimate of drug-likeness (QED) is 0.804. The Bertz CT molecular complexity index is 836. The van der Waals surface area contributed by atoms with Gasteiger partial charge in [-0.25, -0.2) is 4.39 Å². The minimum Gasteiger partial charge on any atom is -0.363 e. The molecule has 3 heterocycles. The van der Waals surface area contributed by atoms with Crippen LogP contribution >= 0.6 is 0 Å². The maximum Gasteiger partial charge on any atom is 0.255 e. The van der Waals surface area contributed by atoms with Crippen LogP contribution in [0, 0.1) is 5.82 Å². The van der Waals surface area contributed by atoms with Crippen molar-refractivity contribution < 1.29 is 18.7 Å². The number of rotatable bonds is 2. The van der Waals surface area contributed by atoms with Gasteiger partial charge in [0.15, 0.2) is 0 Å². The third kappa shape index (κ3) is 3.52. The summed E-state index contributed by atoms with van der Waals surface area (Å²) in [5.41, 5.74) is 0.675. The molecule has 2 fully saturated rings. The van der Waals surface area contributed by atoms with Crippen molar-refractivity contribution in [2.45, 2.75) is 18.4 Å². The molecule has 0 radical (unpaired) electrons. The van der Waals surface area contributed by atoms with Gasteiger partial charge in [0, 0.05) is 18.8 Å². The molecule has 2 saturated heterocycles. The van der Waals surface area contributed by atoms with Gasteiger partial charge in [-0.15, -0.1) is 0 Å². The standard InChI is InChI=1S/C19H19FN4O3/c20-15-1-3-16(4-2-15)24-13-19(27-12-17(24)25)6-9-23(10-7-19)18(26)14-5-8-21-22-11-14/h1-5,8,11H,6-7,9-10,12-13H2. The lowest BCUT2D eigenvalue weighted by molar-refractivity contribution is -0.143. The van der Waals surface area contributed by atoms with E-state index in [4.69, 9.17) is 4.74 Å². The number of hydrogen-bond donors (Lipinski definition) is 0. The van der Waals surface area contributed by atoms with E-state index in [9.17, 15) is 14.0 Å². The second-order valence-electron chi connectivity index (χ2n) is 6.85. The average Bonchev–Trinajstić information content (AvgIpc) is 2.71. The summed E-state index contributed by atoms with van der Waals surface area (Å²) < 4.78 is 19.1. The van der Waals surface area contributed by atoms with E-state index in [1.165, 1.54) is 24.5 Å². The van der Waals surface area contributed by atoms with E-state index in [-0.39, 0.29) is 24.2 Å². The van der Waals surface area contributed by atoms with Crippen LogP contribution in [0.3, 0.4) is 0 Å². The molecule has 0 saturated carbocycles. The van der Waals surface area contributed by atoms with Crippen LogP contribution in [0.1, 0.15) is 23.2 Å². The number of carbonyl (C=O) groups excluding carboxylic acids is 2. The zero-order valence-corrected chi connectivity index (χ0v) is 14.7. The predicted molar refractivity (Wildman–Crippen MR) is 94.6 cm³/mol. The summed E-state index contributed by atoms with van der Waals surface area (Å²) in [7, 11) is 0. The number of ether oxygens (including phenoxy) is 1. The van der Waals surface area contributed by atoms with Crippen LogP contribution < -0.4 is 4.90 Å². The zero-order valence-electron chi connectivity index (χ0n) is 14.7. The largest absolute Gasteiger partial charge is 0.363 e. The minimum absolute atomic E-state index is 0.0143. The average molecular weight is 370 g/mol. The predicted octanol–water partition coefficient (Wildman–Crippen LogP) is 1.65. The monoisotopic (exact) mass is 370 g/mol. The lowest BCUT2D eigenvalue weighted by atomic mass is 9.88. The van der Waals surface area contributed by atoms with E-state index < -0.39 is 5.60 Å². The summed E-state index contributed by atoms with van der Waals surface area (Å²) in [6.07, 6.45) is 4.21. The summed E-state index contributed by atoms with van der Waals surface area (Å²) in [5, 5.41) is 7.44. The maximum absolute atomic E-state index is 13.2. The smallest absolute Gasteiger partial charge is 0.255 e. The van der Waals surface area contributed by atoms with E-state index in [0.717, 1.165) is 0 Å². The lowest BCUT2D eigenvalue weighted by Gasteiger charge is -2.47. The summed E-state index contributed by atoms with van der Waals surface area (Å²) in [4.78, 5) is 28.3. The molecule has 1 aromatic heterocycles. The first-order valence-electron chi connectivity index (χ1n) is 8.82. The fourth-order valence-electron chi connectivity index (χ4n) is 3.59. The van der Waals surface area contributed by atoms with Crippen molar-refractivity contribution >= 4 is 17.5 Å². The van der Waals surface area contributed by atoms with Crippen molar-refractivity contribution in [3.63, 3.8) is 0 Å². The Balaban J connectivity index is 1.45. The molecule has 2 aromatic rings. The minimum atomic E-state index is -0.491. The highest BCUT2D eigenvalue weighted by Gasteiger charge is 2.43. The Morgan fingerprint density at radius 2 is 1.85 bits per heavy atom. The van der Waals surface area contributed by atoms with Crippen molar-refractivity contribution in [2.24, 2.45) is 0 Å². The highest BCUT2D eigenvalue weighted by Crippen LogP contribution is 2.33. The fourth-order valence-corrected chi connectivity index (χ4v) is 3.59. The first-order valence-corrected chi connectivity index (χ1v) is 8.82. The molecule has 2 aliphatic rings. The molecule has 27 heavy (non-hydrogen) atoms. The molecular weight excluding hydrogens is 351 g/mol. The molecule has 0 aliphatic carbocycles. The summed E-state index contributed by atoms with van der Waals surface area (Å²) in [6, 6.07) is 7.53. The van der Waals surface area contributed by atoms with Gasteiger partial charge >= 0.3 is 0 Å². The van der Waals surface area contributed by atoms with Crippen LogP contribution in [0.25, 0.3) is 0 Å². The second-order valence-corrected chi connectivity index (χ2v) is 6.85. The SMILES string of the molecule is O=C(c1ccnnc1)N1CCC2(CC1)CN(c1ccc(F)cc1)C(=O)CO2. The molecule has 1 aromatic carbocycles. The van der Waals surface area contributed by atoms with Crippen molar-refractivity contribution in [1.29, 1.82) is 0 Å². The first-order chi connectivity index (χ1) is 13.1. The Morgan fingerprint density at radius 3 is 2.52 bits per heavy atom. The molecule has 2 amide bonds. The van der Waals surface area contributed by atoms with Gasteiger partial charge in [0.25, 0.3) is 11.8 Å². The Morgan fingerprint density at radius 1 is 1.11 bits per heavy atom. The van der Waals surface area contributed by atoms with Gasteiger partial charge < -0.3 is 14.5 Å². The second kappa shape index (κ2) is 7.03. The first kappa shape index (κ1) is 17.5. The number of likely N-dealkylation sites (tertiary alicyclic amines) is 1. The highest BCUT2D eigenvalue weighted by molar-refractivity contribution is 5.95. The highest BCUT2D eigenvalue weighted by atomic mass is 19.1. The Labute approximate surface area is 155 Å². The molecule has 0 bridgehead atoms. The lowest BCUT2D eigenvalue weighted by Crippen LogP contribution is -2.59. The van der Waals surface area contributed by atoms with Gasteiger partial charge in [-0.05, 0) is 43.2 Å². The van der Waals surface area contributed by atoms with Crippen LogP contribution in [-0.2, 0) is 9.53 Å². The molecule has 1 spiro atoms. The maximum atomic E-state index is 13.2. The van der Waals surface area contributed by atoms with Crippen molar-refractivity contribution in [3.05, 3.63) is 54.1 Å². The summed E-state index contributed by atoms with van der Waals surface area (Å²) >= 11 is 0. The number of amides is 2. The molecule has 0 unspecified atom stereocenters. The van der Waals surface area contributed by atoms with Crippen LogP contribution in [0.15, 0.2) is 42.7 Å². The molecule has 4 rings (SSSR count). The summed E-state index contributed by atoms with van der Waals surface area (Å²) in [6.45, 7) is 1.45. The number of benzene rings is 1. The molecule has 8 heteroatoms. The topological polar surface area (TPSA) is 75.6 Å². The summed E-state index contributed by atoms with van der Waals surface area (Å²) in [5.74, 6) is -0.567. The van der Waals surface area contributed by atoms with Crippen LogP contribution in [-0.4, -0.2) is 58.8 Å². The molecule has 0 N–H and O–H groups in total. The normalized spacial score (nSPS) is 19.4. The zero-order chi connectivity index (χ0) is 18.9. The Hall–Kier alpha value is -2.87. The van der Waals surface area contributed by atoms with Crippen LogP contribution in [0.5, 0.6) is 0 Å². The van der Waals surface area contributed by atoms with E-state index in [1.54, 1.807) is 28.0 Å². The number of halogens is 1. The third-order valence-corrected chi connectivity index (χ3v) is 5.18. The fraction of sp³-hybridized carbons (Fsp3) is 0.368. The molecule has 0 atom stereocenters. The van der Waals surface area contributed by atoms with Crippen molar-refractivity contribution in [1.82, 2.24) is 15.1 Å². The number of nitrogens with zero attached hydrogens (tertiary/aromatic N) is 4.